The van der Waals surface area contributed by atoms with E-state index >= 15 is 0 Å². The number of hydrogen-bond acceptors (Lipinski definition) is 1. The number of hydrogen-bond donors (Lipinski definition) is 0. The zero-order valence-corrected chi connectivity index (χ0v) is 13.9. The van der Waals surface area contributed by atoms with Crippen molar-refractivity contribution in [3.8, 4) is 0 Å². The van der Waals surface area contributed by atoms with Crippen LogP contribution in [0, 0.1) is 20.8 Å². The van der Waals surface area contributed by atoms with Gasteiger partial charge in [0.25, 0.3) is 0 Å². The maximum Gasteiger partial charge on any atom is 0.193 e. The van der Waals surface area contributed by atoms with Gasteiger partial charge in [0.1, 0.15) is 0 Å². The van der Waals surface area contributed by atoms with E-state index in [9.17, 15) is 4.79 Å². The lowest BCUT2D eigenvalue weighted by Crippen LogP contribution is -2.00. The summed E-state index contributed by atoms with van der Waals surface area (Å²) in [5.41, 5.74) is 5.15. The van der Waals surface area contributed by atoms with Crippen LogP contribution in [0.4, 0.5) is 0 Å². The topological polar surface area (TPSA) is 17.1 Å². The zero-order chi connectivity index (χ0) is 16.7. The SMILES string of the molecule is Cc1ccc(C(=O)c2ccc(C)cc2)cc1.Cc1ccccc1. The maximum absolute atomic E-state index is 12.1. The molecule has 0 unspecified atom stereocenters. The largest absolute Gasteiger partial charge is 0.289 e. The molecule has 0 amide bonds. The van der Waals surface area contributed by atoms with Crippen molar-refractivity contribution in [3.63, 3.8) is 0 Å². The van der Waals surface area contributed by atoms with Crippen molar-refractivity contribution in [2.24, 2.45) is 0 Å². The molecule has 0 aliphatic rings. The summed E-state index contributed by atoms with van der Waals surface area (Å²) in [6, 6.07) is 25.6. The minimum Gasteiger partial charge on any atom is -0.289 e. The first-order valence-corrected chi connectivity index (χ1v) is 7.76. The Bertz CT molecular complexity index is 691. The minimum atomic E-state index is 0.0833. The maximum atomic E-state index is 12.1. The van der Waals surface area contributed by atoms with Crippen LogP contribution in [-0.2, 0) is 0 Å². The molecule has 3 rings (SSSR count). The third-order valence-corrected chi connectivity index (χ3v) is 3.57. The second kappa shape index (κ2) is 8.09. The van der Waals surface area contributed by atoms with Crippen LogP contribution in [0.1, 0.15) is 32.6 Å². The van der Waals surface area contributed by atoms with E-state index in [2.05, 4.69) is 19.1 Å². The van der Waals surface area contributed by atoms with Crippen LogP contribution in [0.2, 0.25) is 0 Å². The third-order valence-electron chi connectivity index (χ3n) is 3.57. The van der Waals surface area contributed by atoms with Gasteiger partial charge in [-0.05, 0) is 20.8 Å². The van der Waals surface area contributed by atoms with Gasteiger partial charge in [-0.2, -0.15) is 0 Å². The molecule has 0 bridgehead atoms. The molecule has 0 aromatic heterocycles. The highest BCUT2D eigenvalue weighted by molar-refractivity contribution is 6.08. The van der Waals surface area contributed by atoms with Crippen LogP contribution in [0.3, 0.4) is 0 Å². The van der Waals surface area contributed by atoms with Gasteiger partial charge in [-0.25, -0.2) is 0 Å². The van der Waals surface area contributed by atoms with E-state index in [0.29, 0.717) is 0 Å². The molecule has 0 fully saturated rings. The van der Waals surface area contributed by atoms with Crippen LogP contribution in [-0.4, -0.2) is 5.78 Å². The Morgan fingerprint density at radius 3 is 1.17 bits per heavy atom. The first-order valence-electron chi connectivity index (χ1n) is 7.76. The molecule has 1 nitrogen and oxygen atoms in total. The summed E-state index contributed by atoms with van der Waals surface area (Å²) in [6.07, 6.45) is 0. The lowest BCUT2D eigenvalue weighted by molar-refractivity contribution is 0.103. The van der Waals surface area contributed by atoms with Crippen molar-refractivity contribution in [3.05, 3.63) is 107 Å². The monoisotopic (exact) mass is 302 g/mol. The summed E-state index contributed by atoms with van der Waals surface area (Å²) in [7, 11) is 0. The number of rotatable bonds is 2. The number of benzene rings is 3. The van der Waals surface area contributed by atoms with Gasteiger partial charge >= 0.3 is 0 Å². The molecular weight excluding hydrogens is 280 g/mol. The number of aryl methyl sites for hydroxylation is 3. The average Bonchev–Trinajstić information content (AvgIpc) is 2.57. The quantitative estimate of drug-likeness (QED) is 0.569. The van der Waals surface area contributed by atoms with Crippen LogP contribution < -0.4 is 0 Å². The van der Waals surface area contributed by atoms with Crippen LogP contribution >= 0.6 is 0 Å². The van der Waals surface area contributed by atoms with E-state index in [1.807, 2.05) is 80.6 Å². The highest BCUT2D eigenvalue weighted by Crippen LogP contribution is 2.11. The summed E-state index contributed by atoms with van der Waals surface area (Å²) in [5, 5.41) is 0. The highest BCUT2D eigenvalue weighted by atomic mass is 16.1. The Hall–Kier alpha value is -2.67. The fourth-order valence-corrected chi connectivity index (χ4v) is 2.11. The summed E-state index contributed by atoms with van der Waals surface area (Å²) in [5.74, 6) is 0.0833. The summed E-state index contributed by atoms with van der Waals surface area (Å²) >= 11 is 0. The minimum absolute atomic E-state index is 0.0833. The van der Waals surface area contributed by atoms with Crippen LogP contribution in [0.25, 0.3) is 0 Å². The molecule has 0 spiro atoms. The van der Waals surface area contributed by atoms with E-state index in [1.54, 1.807) is 0 Å². The van der Waals surface area contributed by atoms with E-state index in [0.717, 1.165) is 11.1 Å². The summed E-state index contributed by atoms with van der Waals surface area (Å²) in [4.78, 5) is 12.1. The second-order valence-corrected chi connectivity index (χ2v) is 5.72. The van der Waals surface area contributed by atoms with Gasteiger partial charge in [0.2, 0.25) is 0 Å². The molecule has 0 N–H and O–H groups in total. The Morgan fingerprint density at radius 2 is 0.870 bits per heavy atom. The smallest absolute Gasteiger partial charge is 0.193 e. The number of ketones is 1. The Balaban J connectivity index is 0.000000229. The van der Waals surface area contributed by atoms with E-state index in [1.165, 1.54) is 16.7 Å². The molecule has 0 aliphatic carbocycles. The Labute approximate surface area is 138 Å². The summed E-state index contributed by atoms with van der Waals surface area (Å²) in [6.45, 7) is 6.11. The van der Waals surface area contributed by atoms with Gasteiger partial charge in [-0.1, -0.05) is 95.6 Å². The molecule has 0 heterocycles. The first-order chi connectivity index (χ1) is 11.1. The van der Waals surface area contributed by atoms with Crippen molar-refractivity contribution in [1.29, 1.82) is 0 Å². The van der Waals surface area contributed by atoms with Gasteiger partial charge < -0.3 is 0 Å². The van der Waals surface area contributed by atoms with E-state index < -0.39 is 0 Å². The Morgan fingerprint density at radius 1 is 0.522 bits per heavy atom. The lowest BCUT2D eigenvalue weighted by atomic mass is 10.0. The molecule has 0 radical (unpaired) electrons. The van der Waals surface area contributed by atoms with Gasteiger partial charge in [0.15, 0.2) is 5.78 Å². The van der Waals surface area contributed by atoms with Crippen LogP contribution in [0.15, 0.2) is 78.9 Å². The van der Waals surface area contributed by atoms with Crippen LogP contribution in [0.5, 0.6) is 0 Å². The van der Waals surface area contributed by atoms with Crippen molar-refractivity contribution in [1.82, 2.24) is 0 Å². The zero-order valence-electron chi connectivity index (χ0n) is 13.9. The number of carbonyl (C=O) groups is 1. The van der Waals surface area contributed by atoms with Gasteiger partial charge in [-0.3, -0.25) is 4.79 Å². The molecule has 0 saturated carbocycles. The molecule has 23 heavy (non-hydrogen) atoms. The molecule has 0 aliphatic heterocycles. The van der Waals surface area contributed by atoms with Gasteiger partial charge in [0, 0.05) is 11.1 Å². The Kier molecular flexibility index (Phi) is 5.87. The highest BCUT2D eigenvalue weighted by Gasteiger charge is 2.07. The van der Waals surface area contributed by atoms with Crippen molar-refractivity contribution in [2.75, 3.05) is 0 Å². The predicted octanol–water partition coefficient (Wildman–Crippen LogP) is 5.53. The molecule has 0 saturated heterocycles. The van der Waals surface area contributed by atoms with E-state index in [-0.39, 0.29) is 5.78 Å². The van der Waals surface area contributed by atoms with Gasteiger partial charge in [-0.15, -0.1) is 0 Å². The molecule has 0 atom stereocenters. The average molecular weight is 302 g/mol. The fourth-order valence-electron chi connectivity index (χ4n) is 2.11. The molecule has 3 aromatic rings. The molecule has 1 heteroatoms. The fraction of sp³-hybridized carbons (Fsp3) is 0.136. The second-order valence-electron chi connectivity index (χ2n) is 5.72. The molecule has 116 valence electrons. The predicted molar refractivity (Wildman–Crippen MR) is 97.0 cm³/mol. The van der Waals surface area contributed by atoms with Crippen molar-refractivity contribution in [2.45, 2.75) is 20.8 Å². The first kappa shape index (κ1) is 16.7. The van der Waals surface area contributed by atoms with Crippen molar-refractivity contribution >= 4 is 5.78 Å². The van der Waals surface area contributed by atoms with Crippen molar-refractivity contribution < 1.29 is 4.79 Å². The lowest BCUT2D eigenvalue weighted by Gasteiger charge is -2.02. The van der Waals surface area contributed by atoms with E-state index in [4.69, 9.17) is 0 Å². The summed E-state index contributed by atoms with van der Waals surface area (Å²) < 4.78 is 0. The number of carbonyl (C=O) groups excluding carboxylic acids is 1. The third kappa shape index (κ3) is 5.23. The standard InChI is InChI=1S/C15H14O.C7H8/c1-11-3-7-13(8-4-11)15(16)14-9-5-12(2)6-10-14;1-7-5-3-2-4-6-7/h3-10H,1-2H3;2-6H,1H3. The molecular formula is C22H22O. The van der Waals surface area contributed by atoms with Gasteiger partial charge in [0.05, 0.1) is 0 Å². The molecule has 3 aromatic carbocycles. The normalized spacial score (nSPS) is 9.70.